The average Bonchev–Trinajstić information content (AvgIpc) is 2.88. The third-order valence-electron chi connectivity index (χ3n) is 3.04. The van der Waals surface area contributed by atoms with Gasteiger partial charge in [0.1, 0.15) is 17.5 Å². The summed E-state index contributed by atoms with van der Waals surface area (Å²) < 4.78 is 27.2. The summed E-state index contributed by atoms with van der Waals surface area (Å²) in [5.41, 5.74) is 5.66. The number of carbonyl (C=O) groups excluding carboxylic acids is 1. The Bertz CT molecular complexity index is 883. The lowest BCUT2D eigenvalue weighted by Crippen LogP contribution is -2.35. The van der Waals surface area contributed by atoms with Crippen molar-refractivity contribution in [1.29, 1.82) is 5.26 Å². The maximum absolute atomic E-state index is 12.4. The number of nitrogens with zero attached hydrogens (tertiary/aromatic N) is 4. The number of carbonyl (C=O) groups is 1. The van der Waals surface area contributed by atoms with E-state index in [0.717, 1.165) is 19.7 Å². The normalized spacial score (nSPS) is 11.4. The molecule has 2 rings (SSSR count). The molecule has 120 valence electrons. The van der Waals surface area contributed by atoms with Gasteiger partial charge in [0.2, 0.25) is 10.0 Å². The van der Waals surface area contributed by atoms with Gasteiger partial charge in [-0.25, -0.2) is 8.42 Å². The standard InChI is InChI=1S/C13H12BrN5O3S/c1-18(23(21,22)11-4-2-10(14)3-5-11)8-12(20)19-13(16)9(6-15)7-17-19/h2-5,7H,8,16H2,1H3. The first-order chi connectivity index (χ1) is 10.8. The molecule has 0 radical (unpaired) electrons. The fourth-order valence-corrected chi connectivity index (χ4v) is 3.16. The van der Waals surface area contributed by atoms with Crippen LogP contribution in [0.15, 0.2) is 39.8 Å². The number of hydrogen-bond donors (Lipinski definition) is 1. The first-order valence-electron chi connectivity index (χ1n) is 6.26. The molecule has 23 heavy (non-hydrogen) atoms. The fourth-order valence-electron chi connectivity index (χ4n) is 1.77. The highest BCUT2D eigenvalue weighted by Crippen LogP contribution is 2.18. The number of hydrogen-bond acceptors (Lipinski definition) is 6. The second-order valence-electron chi connectivity index (χ2n) is 4.58. The minimum atomic E-state index is -3.83. The van der Waals surface area contributed by atoms with Crippen molar-refractivity contribution >= 4 is 37.7 Å². The first-order valence-corrected chi connectivity index (χ1v) is 8.49. The van der Waals surface area contributed by atoms with E-state index in [1.165, 1.54) is 19.2 Å². The predicted octanol–water partition coefficient (Wildman–Crippen LogP) is 1.06. The van der Waals surface area contributed by atoms with Crippen molar-refractivity contribution in [1.82, 2.24) is 14.1 Å². The molecule has 0 bridgehead atoms. The fraction of sp³-hybridized carbons (Fsp3) is 0.154. The zero-order chi connectivity index (χ0) is 17.2. The van der Waals surface area contributed by atoms with Crippen LogP contribution in [0.25, 0.3) is 0 Å². The van der Waals surface area contributed by atoms with Crippen LogP contribution in [0.4, 0.5) is 5.82 Å². The van der Waals surface area contributed by atoms with E-state index in [2.05, 4.69) is 21.0 Å². The van der Waals surface area contributed by atoms with Gasteiger partial charge < -0.3 is 5.73 Å². The van der Waals surface area contributed by atoms with Crippen LogP contribution in [0.5, 0.6) is 0 Å². The Labute approximate surface area is 141 Å². The molecular weight excluding hydrogens is 386 g/mol. The lowest BCUT2D eigenvalue weighted by molar-refractivity contribution is 0.0879. The molecule has 0 aliphatic rings. The van der Waals surface area contributed by atoms with Gasteiger partial charge in [-0.05, 0) is 24.3 Å². The summed E-state index contributed by atoms with van der Waals surface area (Å²) in [4.78, 5) is 12.2. The van der Waals surface area contributed by atoms with Crippen molar-refractivity contribution < 1.29 is 13.2 Å². The van der Waals surface area contributed by atoms with Crippen LogP contribution in [0.2, 0.25) is 0 Å². The molecule has 0 aliphatic heterocycles. The van der Waals surface area contributed by atoms with Crippen molar-refractivity contribution in [3.05, 3.63) is 40.5 Å². The number of aromatic nitrogens is 2. The topological polar surface area (TPSA) is 122 Å². The van der Waals surface area contributed by atoms with Crippen molar-refractivity contribution in [3.63, 3.8) is 0 Å². The van der Waals surface area contributed by atoms with E-state index in [1.54, 1.807) is 18.2 Å². The molecule has 0 amide bonds. The number of nitrogens with two attached hydrogens (primary N) is 1. The number of anilines is 1. The van der Waals surface area contributed by atoms with Crippen LogP contribution in [0.1, 0.15) is 10.4 Å². The summed E-state index contributed by atoms with van der Waals surface area (Å²) in [5.74, 6) is -0.779. The summed E-state index contributed by atoms with van der Waals surface area (Å²) in [5, 5.41) is 12.5. The molecule has 10 heteroatoms. The molecule has 0 saturated heterocycles. The van der Waals surface area contributed by atoms with E-state index >= 15 is 0 Å². The van der Waals surface area contributed by atoms with Gasteiger partial charge in [-0.3, -0.25) is 4.79 Å². The van der Waals surface area contributed by atoms with Gasteiger partial charge in [0.15, 0.2) is 0 Å². The van der Waals surface area contributed by atoms with Gasteiger partial charge in [-0.1, -0.05) is 15.9 Å². The molecule has 0 unspecified atom stereocenters. The number of likely N-dealkylation sites (N-methyl/N-ethyl adjacent to an activating group) is 1. The van der Waals surface area contributed by atoms with Crippen LogP contribution in [-0.4, -0.2) is 42.0 Å². The van der Waals surface area contributed by atoms with Crippen LogP contribution in [0, 0.1) is 11.3 Å². The molecule has 0 atom stereocenters. The molecule has 1 aromatic heterocycles. The van der Waals surface area contributed by atoms with E-state index in [-0.39, 0.29) is 16.3 Å². The van der Waals surface area contributed by atoms with Gasteiger partial charge in [-0.2, -0.15) is 19.3 Å². The summed E-state index contributed by atoms with van der Waals surface area (Å²) in [7, 11) is -2.55. The Morgan fingerprint density at radius 1 is 1.43 bits per heavy atom. The second-order valence-corrected chi connectivity index (χ2v) is 7.54. The highest BCUT2D eigenvalue weighted by atomic mass is 79.9. The Hall–Kier alpha value is -2.22. The Morgan fingerprint density at radius 3 is 2.57 bits per heavy atom. The number of halogens is 1. The van der Waals surface area contributed by atoms with Crippen molar-refractivity contribution in [2.75, 3.05) is 19.3 Å². The Morgan fingerprint density at radius 2 is 2.04 bits per heavy atom. The zero-order valence-corrected chi connectivity index (χ0v) is 14.4. The van der Waals surface area contributed by atoms with E-state index < -0.39 is 22.5 Å². The lowest BCUT2D eigenvalue weighted by atomic mass is 10.4. The summed E-state index contributed by atoms with van der Waals surface area (Å²) in [6, 6.07) is 7.82. The number of rotatable bonds is 4. The largest absolute Gasteiger partial charge is 0.382 e. The van der Waals surface area contributed by atoms with Gasteiger partial charge in [0.25, 0.3) is 5.91 Å². The van der Waals surface area contributed by atoms with Crippen molar-refractivity contribution in [2.45, 2.75) is 4.90 Å². The van der Waals surface area contributed by atoms with Gasteiger partial charge in [-0.15, -0.1) is 0 Å². The van der Waals surface area contributed by atoms with E-state index in [9.17, 15) is 13.2 Å². The van der Waals surface area contributed by atoms with E-state index in [4.69, 9.17) is 11.0 Å². The molecule has 0 aliphatic carbocycles. The van der Waals surface area contributed by atoms with E-state index in [1.807, 2.05) is 0 Å². The number of sulfonamides is 1. The van der Waals surface area contributed by atoms with Crippen LogP contribution in [-0.2, 0) is 10.0 Å². The Kier molecular flexibility index (Phi) is 4.84. The SMILES string of the molecule is CN(CC(=O)n1ncc(C#N)c1N)S(=O)(=O)c1ccc(Br)cc1. The van der Waals surface area contributed by atoms with Crippen LogP contribution in [0.3, 0.4) is 0 Å². The molecular formula is C13H12BrN5O3S. The van der Waals surface area contributed by atoms with Gasteiger partial charge in [0.05, 0.1) is 17.6 Å². The zero-order valence-electron chi connectivity index (χ0n) is 12.0. The number of benzene rings is 1. The maximum atomic E-state index is 12.4. The van der Waals surface area contributed by atoms with Crippen LogP contribution >= 0.6 is 15.9 Å². The third kappa shape index (κ3) is 3.42. The summed E-state index contributed by atoms with van der Waals surface area (Å²) in [6.45, 7) is -0.463. The number of nitrogen functional groups attached to an aromatic ring is 1. The third-order valence-corrected chi connectivity index (χ3v) is 5.39. The minimum absolute atomic E-state index is 0.0526. The smallest absolute Gasteiger partial charge is 0.264 e. The van der Waals surface area contributed by atoms with Crippen molar-refractivity contribution in [3.8, 4) is 6.07 Å². The molecule has 2 aromatic rings. The van der Waals surface area contributed by atoms with Gasteiger partial charge in [0, 0.05) is 11.5 Å². The lowest BCUT2D eigenvalue weighted by Gasteiger charge is -2.16. The second kappa shape index (κ2) is 6.49. The highest BCUT2D eigenvalue weighted by Gasteiger charge is 2.24. The molecule has 0 saturated carbocycles. The molecule has 2 N–H and O–H groups in total. The predicted molar refractivity (Wildman–Crippen MR) is 85.9 cm³/mol. The first kappa shape index (κ1) is 17.1. The van der Waals surface area contributed by atoms with Crippen LogP contribution < -0.4 is 5.73 Å². The summed E-state index contributed by atoms with van der Waals surface area (Å²) >= 11 is 3.22. The average molecular weight is 398 g/mol. The molecule has 0 spiro atoms. The summed E-state index contributed by atoms with van der Waals surface area (Å²) in [6.07, 6.45) is 1.15. The van der Waals surface area contributed by atoms with Gasteiger partial charge >= 0.3 is 0 Å². The molecule has 8 nitrogen and oxygen atoms in total. The molecule has 0 fully saturated rings. The Balaban J connectivity index is 2.22. The minimum Gasteiger partial charge on any atom is -0.382 e. The van der Waals surface area contributed by atoms with E-state index in [0.29, 0.717) is 0 Å². The van der Waals surface area contributed by atoms with Crippen molar-refractivity contribution in [2.24, 2.45) is 0 Å². The molecule has 1 heterocycles. The highest BCUT2D eigenvalue weighted by molar-refractivity contribution is 9.10. The quantitative estimate of drug-likeness (QED) is 0.822. The monoisotopic (exact) mass is 397 g/mol. The maximum Gasteiger partial charge on any atom is 0.264 e. The molecule has 1 aromatic carbocycles. The number of nitriles is 1.